The molecular formula is C15H19N3O3. The van der Waals surface area contributed by atoms with Crippen LogP contribution in [0.1, 0.15) is 25.6 Å². The minimum atomic E-state index is 0.114. The van der Waals surface area contributed by atoms with E-state index in [4.69, 9.17) is 14.0 Å². The van der Waals surface area contributed by atoms with E-state index in [0.717, 1.165) is 30.2 Å². The number of hydrogen-bond donors (Lipinski definition) is 0. The number of methoxy groups -OCH3 is 1. The molecule has 112 valence electrons. The minimum absolute atomic E-state index is 0.114. The van der Waals surface area contributed by atoms with Crippen molar-refractivity contribution in [2.45, 2.75) is 32.9 Å². The summed E-state index contributed by atoms with van der Waals surface area (Å²) in [4.78, 5) is 6.56. The topological polar surface area (TPSA) is 60.6 Å². The van der Waals surface area contributed by atoms with Crippen LogP contribution >= 0.6 is 0 Å². The summed E-state index contributed by atoms with van der Waals surface area (Å²) in [6.07, 6.45) is 0.861. The fraction of sp³-hybridized carbons (Fsp3) is 0.467. The number of rotatable bonds is 4. The number of aromatic nitrogens is 2. The number of aryl methyl sites for hydroxylation is 1. The van der Waals surface area contributed by atoms with Crippen molar-refractivity contribution in [2.24, 2.45) is 0 Å². The third kappa shape index (κ3) is 2.79. The highest BCUT2D eigenvalue weighted by molar-refractivity contribution is 5.63. The van der Waals surface area contributed by atoms with Crippen LogP contribution in [-0.4, -0.2) is 29.9 Å². The molecule has 0 aliphatic carbocycles. The molecule has 1 aromatic carbocycles. The summed E-state index contributed by atoms with van der Waals surface area (Å²) in [5, 5.41) is 4.02. The summed E-state index contributed by atoms with van der Waals surface area (Å²) in [5.41, 5.74) is 0.996. The molecule has 0 N–H and O–H groups in total. The van der Waals surface area contributed by atoms with Crippen LogP contribution in [0.15, 0.2) is 22.7 Å². The summed E-state index contributed by atoms with van der Waals surface area (Å²) in [7, 11) is 1.66. The van der Waals surface area contributed by atoms with E-state index in [-0.39, 0.29) is 6.10 Å². The highest BCUT2D eigenvalue weighted by atomic mass is 16.5. The zero-order valence-corrected chi connectivity index (χ0v) is 12.5. The maximum Gasteiger partial charge on any atom is 0.226 e. The van der Waals surface area contributed by atoms with Crippen LogP contribution in [-0.2, 0) is 13.0 Å². The number of nitrogens with zero attached hydrogens (tertiary/aromatic N) is 3. The van der Waals surface area contributed by atoms with Gasteiger partial charge in [0.15, 0.2) is 5.82 Å². The van der Waals surface area contributed by atoms with E-state index in [1.54, 1.807) is 7.11 Å². The van der Waals surface area contributed by atoms with E-state index in [2.05, 4.69) is 15.0 Å². The maximum atomic E-state index is 5.86. The van der Waals surface area contributed by atoms with Crippen molar-refractivity contribution >= 4 is 5.69 Å². The molecule has 21 heavy (non-hydrogen) atoms. The Balaban J connectivity index is 1.88. The number of ether oxygens (including phenoxy) is 2. The van der Waals surface area contributed by atoms with Crippen LogP contribution in [0.4, 0.5) is 5.69 Å². The molecule has 0 fully saturated rings. The summed E-state index contributed by atoms with van der Waals surface area (Å²) in [6.45, 7) is 5.41. The molecule has 0 unspecified atom stereocenters. The molecule has 3 rings (SSSR count). The normalized spacial score (nSPS) is 17.3. The highest BCUT2D eigenvalue weighted by Crippen LogP contribution is 2.37. The third-order valence-corrected chi connectivity index (χ3v) is 3.46. The van der Waals surface area contributed by atoms with Crippen molar-refractivity contribution in [2.75, 3.05) is 18.6 Å². The molecule has 2 heterocycles. The van der Waals surface area contributed by atoms with Gasteiger partial charge < -0.3 is 18.9 Å². The lowest BCUT2D eigenvalue weighted by Crippen LogP contribution is -2.38. The Hall–Kier alpha value is -2.24. The van der Waals surface area contributed by atoms with E-state index in [1.807, 2.05) is 32.0 Å². The smallest absolute Gasteiger partial charge is 0.226 e. The molecule has 0 spiro atoms. The van der Waals surface area contributed by atoms with Crippen molar-refractivity contribution in [3.8, 4) is 11.5 Å². The minimum Gasteiger partial charge on any atom is -0.497 e. The number of hydrogen-bond acceptors (Lipinski definition) is 6. The van der Waals surface area contributed by atoms with E-state index >= 15 is 0 Å². The Labute approximate surface area is 123 Å². The Morgan fingerprint density at radius 3 is 3.00 bits per heavy atom. The molecule has 1 atom stereocenters. The molecular weight excluding hydrogens is 270 g/mol. The Morgan fingerprint density at radius 2 is 2.29 bits per heavy atom. The second kappa shape index (κ2) is 5.63. The SMILES string of the molecule is CCc1nc(CN2C[C@H](C)Oc3ccc(OC)cc32)no1. The van der Waals surface area contributed by atoms with E-state index in [1.165, 1.54) is 0 Å². The van der Waals surface area contributed by atoms with Gasteiger partial charge in [0.05, 0.1) is 25.9 Å². The second-order valence-corrected chi connectivity index (χ2v) is 5.10. The quantitative estimate of drug-likeness (QED) is 0.861. The second-order valence-electron chi connectivity index (χ2n) is 5.10. The fourth-order valence-electron chi connectivity index (χ4n) is 2.45. The van der Waals surface area contributed by atoms with Crippen molar-refractivity contribution in [1.82, 2.24) is 10.1 Å². The molecule has 1 aromatic heterocycles. The Morgan fingerprint density at radius 1 is 1.43 bits per heavy atom. The van der Waals surface area contributed by atoms with Crippen LogP contribution in [0.25, 0.3) is 0 Å². The molecule has 0 saturated heterocycles. The third-order valence-electron chi connectivity index (χ3n) is 3.46. The molecule has 0 saturated carbocycles. The summed E-state index contributed by atoms with van der Waals surface area (Å²) in [5.74, 6) is 3.01. The average Bonchev–Trinajstić information content (AvgIpc) is 2.94. The van der Waals surface area contributed by atoms with Gasteiger partial charge in [-0.2, -0.15) is 4.98 Å². The standard InChI is InChI=1S/C15H19N3O3/c1-4-15-16-14(17-21-15)9-18-8-10(2)20-13-6-5-11(19-3)7-12(13)18/h5-7,10H,4,8-9H2,1-3H3/t10-/m0/s1. The first-order chi connectivity index (χ1) is 10.2. The van der Waals surface area contributed by atoms with Crippen molar-refractivity contribution in [1.29, 1.82) is 0 Å². The predicted octanol–water partition coefficient (Wildman–Crippen LogP) is 2.43. The van der Waals surface area contributed by atoms with Crippen LogP contribution in [0, 0.1) is 0 Å². The predicted molar refractivity (Wildman–Crippen MR) is 77.8 cm³/mol. The number of benzene rings is 1. The van der Waals surface area contributed by atoms with Gasteiger partial charge >= 0.3 is 0 Å². The largest absolute Gasteiger partial charge is 0.497 e. The van der Waals surface area contributed by atoms with Crippen LogP contribution < -0.4 is 14.4 Å². The van der Waals surface area contributed by atoms with Crippen LogP contribution in [0.5, 0.6) is 11.5 Å². The van der Waals surface area contributed by atoms with Gasteiger partial charge in [0.25, 0.3) is 0 Å². The number of anilines is 1. The Kier molecular flexibility index (Phi) is 3.68. The molecule has 0 radical (unpaired) electrons. The average molecular weight is 289 g/mol. The van der Waals surface area contributed by atoms with Crippen molar-refractivity contribution in [3.63, 3.8) is 0 Å². The van der Waals surface area contributed by atoms with Gasteiger partial charge in [-0.05, 0) is 19.1 Å². The van der Waals surface area contributed by atoms with Gasteiger partial charge in [0.1, 0.15) is 17.6 Å². The van der Waals surface area contributed by atoms with Gasteiger partial charge in [-0.25, -0.2) is 0 Å². The van der Waals surface area contributed by atoms with E-state index < -0.39 is 0 Å². The van der Waals surface area contributed by atoms with Crippen molar-refractivity contribution < 1.29 is 14.0 Å². The lowest BCUT2D eigenvalue weighted by molar-refractivity contribution is 0.211. The van der Waals surface area contributed by atoms with Gasteiger partial charge in [-0.1, -0.05) is 12.1 Å². The van der Waals surface area contributed by atoms with Crippen molar-refractivity contribution in [3.05, 3.63) is 29.9 Å². The Bertz CT molecular complexity index is 626. The summed E-state index contributed by atoms with van der Waals surface area (Å²) >= 11 is 0. The zero-order chi connectivity index (χ0) is 14.8. The fourth-order valence-corrected chi connectivity index (χ4v) is 2.45. The summed E-state index contributed by atoms with van der Waals surface area (Å²) < 4.78 is 16.3. The van der Waals surface area contributed by atoms with E-state index in [0.29, 0.717) is 18.3 Å². The molecule has 6 heteroatoms. The maximum absolute atomic E-state index is 5.86. The molecule has 1 aliphatic heterocycles. The van der Waals surface area contributed by atoms with Gasteiger partial charge in [-0.3, -0.25) is 0 Å². The van der Waals surface area contributed by atoms with E-state index in [9.17, 15) is 0 Å². The lowest BCUT2D eigenvalue weighted by atomic mass is 10.2. The molecule has 6 nitrogen and oxygen atoms in total. The number of fused-ring (bicyclic) bond motifs is 1. The lowest BCUT2D eigenvalue weighted by Gasteiger charge is -2.34. The first-order valence-electron chi connectivity index (χ1n) is 7.10. The summed E-state index contributed by atoms with van der Waals surface area (Å²) in [6, 6.07) is 5.81. The van der Waals surface area contributed by atoms with Gasteiger partial charge in [0, 0.05) is 12.5 Å². The van der Waals surface area contributed by atoms with Crippen LogP contribution in [0.2, 0.25) is 0 Å². The zero-order valence-electron chi connectivity index (χ0n) is 12.5. The molecule has 2 aromatic rings. The van der Waals surface area contributed by atoms with Crippen LogP contribution in [0.3, 0.4) is 0 Å². The highest BCUT2D eigenvalue weighted by Gasteiger charge is 2.24. The first kappa shape index (κ1) is 13.7. The monoisotopic (exact) mass is 289 g/mol. The molecule has 0 amide bonds. The van der Waals surface area contributed by atoms with Gasteiger partial charge in [-0.15, -0.1) is 0 Å². The molecule has 0 bridgehead atoms. The molecule has 1 aliphatic rings. The first-order valence-corrected chi connectivity index (χ1v) is 7.10. The van der Waals surface area contributed by atoms with Gasteiger partial charge in [0.2, 0.25) is 5.89 Å².